The summed E-state index contributed by atoms with van der Waals surface area (Å²) in [6.45, 7) is 3.59. The monoisotopic (exact) mass is 316 g/mol. The van der Waals surface area contributed by atoms with Gasteiger partial charge in [0.2, 0.25) is 0 Å². The van der Waals surface area contributed by atoms with Crippen LogP contribution in [-0.2, 0) is 6.18 Å². The molecule has 2 N–H and O–H groups in total. The molecule has 1 aromatic carbocycles. The quantitative estimate of drug-likeness (QED) is 0.878. The maximum absolute atomic E-state index is 12.9. The predicted octanol–water partition coefficient (Wildman–Crippen LogP) is 3.47. The largest absolute Gasteiger partial charge is 0.418 e. The van der Waals surface area contributed by atoms with Gasteiger partial charge in [-0.1, -0.05) is 12.1 Å². The molecule has 0 unspecified atom stereocenters. The Bertz CT molecular complexity index is 552. The number of hydrogen-bond acceptors (Lipinski definition) is 2. The maximum atomic E-state index is 12.9. The molecular formula is C15H19F3N2O2. The van der Waals surface area contributed by atoms with Crippen molar-refractivity contribution < 1.29 is 23.1 Å². The summed E-state index contributed by atoms with van der Waals surface area (Å²) in [5.74, 6) is 0. The second-order valence-corrected chi connectivity index (χ2v) is 5.98. The summed E-state index contributed by atoms with van der Waals surface area (Å²) in [5, 5.41) is 12.4. The highest BCUT2D eigenvalue weighted by atomic mass is 19.4. The van der Waals surface area contributed by atoms with Gasteiger partial charge in [0.1, 0.15) is 0 Å². The molecule has 1 saturated heterocycles. The third kappa shape index (κ3) is 3.52. The molecule has 1 aliphatic heterocycles. The van der Waals surface area contributed by atoms with Gasteiger partial charge in [-0.05, 0) is 38.8 Å². The van der Waals surface area contributed by atoms with E-state index in [1.54, 1.807) is 13.8 Å². The highest BCUT2D eigenvalue weighted by molar-refractivity contribution is 5.90. The molecule has 1 aliphatic rings. The lowest BCUT2D eigenvalue weighted by molar-refractivity contribution is -0.136. The van der Waals surface area contributed by atoms with Crippen LogP contribution in [0.5, 0.6) is 0 Å². The number of benzene rings is 1. The molecular weight excluding hydrogens is 297 g/mol. The van der Waals surface area contributed by atoms with Gasteiger partial charge in [-0.2, -0.15) is 13.2 Å². The summed E-state index contributed by atoms with van der Waals surface area (Å²) in [7, 11) is 0. The van der Waals surface area contributed by atoms with Crippen LogP contribution < -0.4 is 5.32 Å². The van der Waals surface area contributed by atoms with Crippen LogP contribution in [0.25, 0.3) is 0 Å². The fourth-order valence-electron chi connectivity index (χ4n) is 2.77. The number of para-hydroxylation sites is 1. The number of rotatable bonds is 2. The number of anilines is 1. The van der Waals surface area contributed by atoms with Crippen molar-refractivity contribution in [2.75, 3.05) is 11.9 Å². The maximum Gasteiger partial charge on any atom is 0.418 e. The zero-order valence-corrected chi connectivity index (χ0v) is 12.4. The van der Waals surface area contributed by atoms with Gasteiger partial charge in [0.15, 0.2) is 0 Å². The number of likely N-dealkylation sites (tertiary alicyclic amines) is 1. The normalized spacial score (nSPS) is 19.4. The lowest BCUT2D eigenvalue weighted by Crippen LogP contribution is -2.49. The van der Waals surface area contributed by atoms with Crippen LogP contribution in [0.15, 0.2) is 24.3 Å². The Kier molecular flexibility index (Phi) is 4.37. The van der Waals surface area contributed by atoms with E-state index in [4.69, 9.17) is 0 Å². The van der Waals surface area contributed by atoms with Crippen molar-refractivity contribution in [1.82, 2.24) is 4.90 Å². The van der Waals surface area contributed by atoms with Crippen molar-refractivity contribution in [3.8, 4) is 0 Å². The molecule has 1 fully saturated rings. The fourth-order valence-corrected chi connectivity index (χ4v) is 2.77. The molecule has 0 bridgehead atoms. The Morgan fingerprint density at radius 3 is 2.55 bits per heavy atom. The standard InChI is InChI=1S/C15H19F3N2O2/c1-14(2,22)12-8-5-9-20(12)13(21)19-11-7-4-3-6-10(11)15(16,17)18/h3-4,6-7,12,22H,5,8-9H2,1-2H3,(H,19,21)/t12-/m1/s1. The number of aliphatic hydroxyl groups is 1. The number of amides is 2. The Balaban J connectivity index is 2.20. The van der Waals surface area contributed by atoms with Gasteiger partial charge in [0.25, 0.3) is 0 Å². The van der Waals surface area contributed by atoms with Crippen LogP contribution in [0.2, 0.25) is 0 Å². The Morgan fingerprint density at radius 2 is 1.95 bits per heavy atom. The van der Waals surface area contributed by atoms with Gasteiger partial charge in [-0.25, -0.2) is 4.79 Å². The lowest BCUT2D eigenvalue weighted by Gasteiger charge is -2.34. The van der Waals surface area contributed by atoms with E-state index in [9.17, 15) is 23.1 Å². The number of halogens is 3. The van der Waals surface area contributed by atoms with Gasteiger partial charge in [0, 0.05) is 6.54 Å². The van der Waals surface area contributed by atoms with E-state index in [0.717, 1.165) is 6.07 Å². The molecule has 1 atom stereocenters. The topological polar surface area (TPSA) is 52.6 Å². The number of alkyl halides is 3. The zero-order chi connectivity index (χ0) is 16.5. The minimum atomic E-state index is -4.54. The van der Waals surface area contributed by atoms with E-state index in [-0.39, 0.29) is 5.69 Å². The van der Waals surface area contributed by atoms with E-state index < -0.39 is 29.4 Å². The van der Waals surface area contributed by atoms with Crippen molar-refractivity contribution in [2.24, 2.45) is 0 Å². The van der Waals surface area contributed by atoms with Crippen molar-refractivity contribution in [2.45, 2.75) is 44.5 Å². The first-order chi connectivity index (χ1) is 10.1. The van der Waals surface area contributed by atoms with Crippen LogP contribution in [0, 0.1) is 0 Å². The fraction of sp³-hybridized carbons (Fsp3) is 0.533. The highest BCUT2D eigenvalue weighted by Gasteiger charge is 2.39. The third-order valence-corrected chi connectivity index (χ3v) is 3.80. The van der Waals surface area contributed by atoms with Gasteiger partial charge >= 0.3 is 12.2 Å². The average Bonchev–Trinajstić information content (AvgIpc) is 2.87. The van der Waals surface area contributed by atoms with Crippen LogP contribution in [0.4, 0.5) is 23.7 Å². The van der Waals surface area contributed by atoms with E-state index in [0.29, 0.717) is 19.4 Å². The smallest absolute Gasteiger partial charge is 0.388 e. The van der Waals surface area contributed by atoms with E-state index in [1.807, 2.05) is 0 Å². The molecule has 122 valence electrons. The number of hydrogen-bond donors (Lipinski definition) is 2. The minimum absolute atomic E-state index is 0.276. The SMILES string of the molecule is CC(C)(O)[C@H]1CCCN1C(=O)Nc1ccccc1C(F)(F)F. The minimum Gasteiger partial charge on any atom is -0.388 e. The predicted molar refractivity (Wildman–Crippen MR) is 76.5 cm³/mol. The molecule has 1 aromatic rings. The first kappa shape index (κ1) is 16.6. The molecule has 0 spiro atoms. The highest BCUT2D eigenvalue weighted by Crippen LogP contribution is 2.35. The van der Waals surface area contributed by atoms with Crippen LogP contribution in [0.3, 0.4) is 0 Å². The van der Waals surface area contributed by atoms with Gasteiger partial charge in [-0.3, -0.25) is 0 Å². The third-order valence-electron chi connectivity index (χ3n) is 3.80. The van der Waals surface area contributed by atoms with Gasteiger partial charge in [0.05, 0.1) is 22.9 Å². The number of carbonyl (C=O) groups is 1. The van der Waals surface area contributed by atoms with E-state index in [1.165, 1.54) is 23.1 Å². The first-order valence-electron chi connectivity index (χ1n) is 7.07. The molecule has 0 radical (unpaired) electrons. The summed E-state index contributed by atoms with van der Waals surface area (Å²) in [6, 6.07) is 3.81. The summed E-state index contributed by atoms with van der Waals surface area (Å²) < 4.78 is 38.8. The number of carbonyl (C=O) groups excluding carboxylic acids is 1. The summed E-state index contributed by atoms with van der Waals surface area (Å²) in [6.07, 6.45) is -3.20. The van der Waals surface area contributed by atoms with Crippen LogP contribution in [0.1, 0.15) is 32.3 Å². The molecule has 0 aliphatic carbocycles. The average molecular weight is 316 g/mol. The molecule has 7 heteroatoms. The van der Waals surface area contributed by atoms with Crippen LogP contribution in [-0.4, -0.2) is 34.2 Å². The number of nitrogens with one attached hydrogen (secondary N) is 1. The van der Waals surface area contributed by atoms with Crippen LogP contribution >= 0.6 is 0 Å². The first-order valence-corrected chi connectivity index (χ1v) is 7.07. The number of nitrogens with zero attached hydrogens (tertiary/aromatic N) is 1. The van der Waals surface area contributed by atoms with E-state index in [2.05, 4.69) is 5.32 Å². The second-order valence-electron chi connectivity index (χ2n) is 5.98. The van der Waals surface area contributed by atoms with Gasteiger partial charge < -0.3 is 15.3 Å². The molecule has 22 heavy (non-hydrogen) atoms. The molecule has 4 nitrogen and oxygen atoms in total. The van der Waals surface area contributed by atoms with E-state index >= 15 is 0 Å². The van der Waals surface area contributed by atoms with Crippen molar-refractivity contribution >= 4 is 11.7 Å². The van der Waals surface area contributed by atoms with Gasteiger partial charge in [-0.15, -0.1) is 0 Å². The zero-order valence-electron chi connectivity index (χ0n) is 12.4. The summed E-state index contributed by atoms with van der Waals surface area (Å²) in [5.41, 5.74) is -2.26. The summed E-state index contributed by atoms with van der Waals surface area (Å²) >= 11 is 0. The molecule has 0 aromatic heterocycles. The van der Waals surface area contributed by atoms with Crippen molar-refractivity contribution in [3.05, 3.63) is 29.8 Å². The Labute approximate surface area is 126 Å². The number of urea groups is 1. The van der Waals surface area contributed by atoms with Crippen molar-refractivity contribution in [1.29, 1.82) is 0 Å². The lowest BCUT2D eigenvalue weighted by atomic mass is 9.97. The Hall–Kier alpha value is -1.76. The molecule has 2 rings (SSSR count). The Morgan fingerprint density at radius 1 is 1.32 bits per heavy atom. The summed E-state index contributed by atoms with van der Waals surface area (Å²) in [4.78, 5) is 13.7. The molecule has 2 amide bonds. The van der Waals surface area contributed by atoms with Crippen molar-refractivity contribution in [3.63, 3.8) is 0 Å². The molecule has 0 saturated carbocycles. The molecule has 1 heterocycles. The second kappa shape index (κ2) is 5.79.